The number of amides is 2. The van der Waals surface area contributed by atoms with Gasteiger partial charge in [0.2, 0.25) is 0 Å². The number of halogens is 1. The molecule has 9 nitrogen and oxygen atoms in total. The molecule has 2 amide bonds. The number of nitrogens with zero attached hydrogens (tertiary/aromatic N) is 2. The zero-order valence-electron chi connectivity index (χ0n) is 18.7. The van der Waals surface area contributed by atoms with E-state index in [1.807, 2.05) is 0 Å². The lowest BCUT2D eigenvalue weighted by atomic mass is 10.1. The zero-order chi connectivity index (χ0) is 24.9. The van der Waals surface area contributed by atoms with Crippen LogP contribution in [0, 0.1) is 5.82 Å². The van der Waals surface area contributed by atoms with Crippen LogP contribution in [0.25, 0.3) is 17.0 Å². The van der Waals surface area contributed by atoms with E-state index in [4.69, 9.17) is 5.11 Å². The number of rotatable bonds is 9. The van der Waals surface area contributed by atoms with Gasteiger partial charge in [-0.05, 0) is 30.7 Å². The summed E-state index contributed by atoms with van der Waals surface area (Å²) in [5.41, 5.74) is 0.260. The van der Waals surface area contributed by atoms with Crippen LogP contribution in [0.1, 0.15) is 22.3 Å². The minimum Gasteiger partial charge on any atom is -0.396 e. The number of fused-ring (bicyclic) bond motifs is 1. The molecule has 0 saturated heterocycles. The molecule has 0 unspecified atom stereocenters. The number of carbonyl (C=O) groups is 2. The summed E-state index contributed by atoms with van der Waals surface area (Å²) in [5.74, 6) is -2.27. The van der Waals surface area contributed by atoms with Crippen molar-refractivity contribution < 1.29 is 27.5 Å². The number of aliphatic hydroxyl groups is 1. The Balaban J connectivity index is 2.10. The molecule has 180 valence electrons. The molecule has 3 rings (SSSR count). The smallest absolute Gasteiger partial charge is 0.307 e. The van der Waals surface area contributed by atoms with Crippen molar-refractivity contribution in [3.05, 3.63) is 77.4 Å². The van der Waals surface area contributed by atoms with E-state index in [1.165, 1.54) is 44.6 Å². The fourth-order valence-corrected chi connectivity index (χ4v) is 4.19. The van der Waals surface area contributed by atoms with Gasteiger partial charge < -0.3 is 15.7 Å². The lowest BCUT2D eigenvalue weighted by molar-refractivity contribution is -0.117. The predicted octanol–water partition coefficient (Wildman–Crippen LogP) is 1.70. The van der Waals surface area contributed by atoms with Crippen LogP contribution < -0.4 is 10.6 Å². The second kappa shape index (κ2) is 10.6. The van der Waals surface area contributed by atoms with Gasteiger partial charge in [-0.15, -0.1) is 0 Å². The second-order valence-electron chi connectivity index (χ2n) is 7.51. The quantitative estimate of drug-likeness (QED) is 0.313. The lowest BCUT2D eigenvalue weighted by Gasteiger charge is -2.13. The maximum atomic E-state index is 14.1. The van der Waals surface area contributed by atoms with Gasteiger partial charge in [0, 0.05) is 44.4 Å². The Hall–Kier alpha value is -3.54. The Kier molecular flexibility index (Phi) is 7.82. The Morgan fingerprint density at radius 2 is 1.79 bits per heavy atom. The second-order valence-corrected chi connectivity index (χ2v) is 9.53. The van der Waals surface area contributed by atoms with Gasteiger partial charge in [-0.25, -0.2) is 8.36 Å². The van der Waals surface area contributed by atoms with E-state index in [2.05, 4.69) is 10.6 Å². The average Bonchev–Trinajstić information content (AvgIpc) is 3.18. The molecule has 0 saturated carbocycles. The number of nitrogens with one attached hydrogen (secondary N) is 2. The number of hydrogen-bond donors (Lipinski definition) is 3. The summed E-state index contributed by atoms with van der Waals surface area (Å²) in [6, 6.07) is 12.0. The van der Waals surface area contributed by atoms with Gasteiger partial charge in [-0.1, -0.05) is 30.3 Å². The van der Waals surface area contributed by atoms with Crippen LogP contribution in [0.3, 0.4) is 0 Å². The largest absolute Gasteiger partial charge is 0.396 e. The van der Waals surface area contributed by atoms with Crippen molar-refractivity contribution in [3.8, 4) is 0 Å². The van der Waals surface area contributed by atoms with E-state index in [9.17, 15) is 22.4 Å². The summed E-state index contributed by atoms with van der Waals surface area (Å²) >= 11 is 0. The SMILES string of the molecule is CN(C)S(=O)(=O)n1cc(/C=C(\NC(=O)c2ccccc2F)C(=O)NCCCO)c2ccccc21. The standard InChI is InChI=1S/C23H25FN4O5S/c1-27(2)34(32,33)28-15-16(17-8-4-6-11-21(17)28)14-20(23(31)25-12-7-13-29)26-22(30)18-9-3-5-10-19(18)24/h3-6,8-11,14-15,29H,7,12-13H2,1-2H3,(H,25,31)(H,26,30)/b20-14-. The van der Waals surface area contributed by atoms with E-state index < -0.39 is 27.8 Å². The van der Waals surface area contributed by atoms with E-state index in [-0.39, 0.29) is 24.4 Å². The summed E-state index contributed by atoms with van der Waals surface area (Å²) in [4.78, 5) is 25.5. The molecule has 0 radical (unpaired) electrons. The van der Waals surface area contributed by atoms with Gasteiger partial charge in [0.1, 0.15) is 11.5 Å². The summed E-state index contributed by atoms with van der Waals surface area (Å²) in [7, 11) is -1.08. The fraction of sp³-hybridized carbons (Fsp3) is 0.217. The summed E-state index contributed by atoms with van der Waals surface area (Å²) in [6.07, 6.45) is 2.97. The number of carbonyl (C=O) groups excluding carboxylic acids is 2. The summed E-state index contributed by atoms with van der Waals surface area (Å²) in [6.45, 7) is -0.00416. The van der Waals surface area contributed by atoms with Gasteiger partial charge in [-0.3, -0.25) is 9.59 Å². The molecule has 1 aromatic heterocycles. The van der Waals surface area contributed by atoms with Gasteiger partial charge in [0.25, 0.3) is 11.8 Å². The molecule has 0 spiro atoms. The highest BCUT2D eigenvalue weighted by atomic mass is 32.2. The molecule has 0 aliphatic heterocycles. The van der Waals surface area contributed by atoms with Crippen molar-refractivity contribution >= 4 is 39.0 Å². The average molecular weight is 489 g/mol. The normalized spacial score (nSPS) is 12.2. The highest BCUT2D eigenvalue weighted by Crippen LogP contribution is 2.25. The molecule has 0 fully saturated rings. The highest BCUT2D eigenvalue weighted by molar-refractivity contribution is 7.87. The Labute approximate surface area is 196 Å². The molecule has 0 aliphatic rings. The Morgan fingerprint density at radius 3 is 2.47 bits per heavy atom. The van der Waals surface area contributed by atoms with Crippen LogP contribution in [-0.2, 0) is 15.0 Å². The molecule has 0 aliphatic carbocycles. The number of benzene rings is 2. The van der Waals surface area contributed by atoms with Crippen molar-refractivity contribution in [1.29, 1.82) is 0 Å². The van der Waals surface area contributed by atoms with Gasteiger partial charge >= 0.3 is 10.2 Å². The first-order valence-electron chi connectivity index (χ1n) is 10.4. The molecule has 34 heavy (non-hydrogen) atoms. The minimum absolute atomic E-state index is 0.138. The number of hydrogen-bond acceptors (Lipinski definition) is 5. The monoisotopic (exact) mass is 488 g/mol. The van der Waals surface area contributed by atoms with E-state index in [0.29, 0.717) is 22.9 Å². The van der Waals surface area contributed by atoms with Crippen LogP contribution in [0.15, 0.2) is 60.4 Å². The number of aliphatic hydroxyl groups excluding tert-OH is 1. The van der Waals surface area contributed by atoms with Crippen LogP contribution in [0.4, 0.5) is 4.39 Å². The molecule has 2 aromatic carbocycles. The van der Waals surface area contributed by atoms with E-state index in [0.717, 1.165) is 14.3 Å². The van der Waals surface area contributed by atoms with Crippen molar-refractivity contribution in [2.75, 3.05) is 27.2 Å². The molecule has 11 heteroatoms. The van der Waals surface area contributed by atoms with Gasteiger partial charge in [0.05, 0.1) is 11.1 Å². The Morgan fingerprint density at radius 1 is 1.12 bits per heavy atom. The fourth-order valence-electron chi connectivity index (χ4n) is 3.18. The van der Waals surface area contributed by atoms with Crippen LogP contribution in [0.2, 0.25) is 0 Å². The van der Waals surface area contributed by atoms with E-state index in [1.54, 1.807) is 24.3 Å². The first-order chi connectivity index (χ1) is 16.2. The molecular weight excluding hydrogens is 463 g/mol. The molecular formula is C23H25FN4O5S. The molecule has 0 bridgehead atoms. The highest BCUT2D eigenvalue weighted by Gasteiger charge is 2.22. The van der Waals surface area contributed by atoms with Crippen molar-refractivity contribution in [2.24, 2.45) is 0 Å². The predicted molar refractivity (Wildman–Crippen MR) is 126 cm³/mol. The molecule has 3 aromatic rings. The maximum absolute atomic E-state index is 14.1. The first kappa shape index (κ1) is 25.1. The van der Waals surface area contributed by atoms with E-state index >= 15 is 0 Å². The third kappa shape index (κ3) is 5.33. The summed E-state index contributed by atoms with van der Waals surface area (Å²) in [5, 5.41) is 14.5. The third-order valence-corrected chi connectivity index (χ3v) is 6.67. The van der Waals surface area contributed by atoms with Crippen molar-refractivity contribution in [3.63, 3.8) is 0 Å². The van der Waals surface area contributed by atoms with Crippen molar-refractivity contribution in [2.45, 2.75) is 6.42 Å². The Bertz CT molecular complexity index is 1350. The first-order valence-corrected chi connectivity index (χ1v) is 11.8. The number of para-hydroxylation sites is 1. The van der Waals surface area contributed by atoms with Gasteiger partial charge in [-0.2, -0.15) is 12.7 Å². The zero-order valence-corrected chi connectivity index (χ0v) is 19.5. The molecule has 0 atom stereocenters. The van der Waals surface area contributed by atoms with Crippen LogP contribution in [-0.4, -0.2) is 60.9 Å². The topological polar surface area (TPSA) is 121 Å². The lowest BCUT2D eigenvalue weighted by Crippen LogP contribution is -2.35. The van der Waals surface area contributed by atoms with Crippen LogP contribution in [0.5, 0.6) is 0 Å². The maximum Gasteiger partial charge on any atom is 0.307 e. The number of aromatic nitrogens is 1. The molecule has 3 N–H and O–H groups in total. The van der Waals surface area contributed by atoms with Gasteiger partial charge in [0.15, 0.2) is 0 Å². The minimum atomic E-state index is -3.87. The summed E-state index contributed by atoms with van der Waals surface area (Å²) < 4.78 is 41.8. The van der Waals surface area contributed by atoms with Crippen molar-refractivity contribution in [1.82, 2.24) is 18.9 Å². The molecule has 1 heterocycles. The third-order valence-electron chi connectivity index (χ3n) is 4.95. The van der Waals surface area contributed by atoms with Crippen LogP contribution >= 0.6 is 0 Å².